The molecule has 2 saturated heterocycles. The van der Waals surface area contributed by atoms with Gasteiger partial charge in [0.15, 0.2) is 0 Å². The third-order valence-electron chi connectivity index (χ3n) is 4.73. The zero-order valence-electron chi connectivity index (χ0n) is 13.7. The Labute approximate surface area is 146 Å². The number of carbonyl (C=O) groups excluding carboxylic acids is 2. The fraction of sp³-hybridized carbons (Fsp3) is 0.444. The van der Waals surface area contributed by atoms with Crippen LogP contribution in [-0.4, -0.2) is 47.9 Å². The summed E-state index contributed by atoms with van der Waals surface area (Å²) in [5.41, 5.74) is 0.986. The van der Waals surface area contributed by atoms with Crippen molar-refractivity contribution in [1.29, 1.82) is 10.5 Å². The van der Waals surface area contributed by atoms with Gasteiger partial charge in [-0.05, 0) is 43.5 Å². The van der Waals surface area contributed by atoms with Crippen molar-refractivity contribution in [3.05, 3.63) is 35.4 Å². The molecule has 25 heavy (non-hydrogen) atoms. The van der Waals surface area contributed by atoms with E-state index in [1.54, 1.807) is 29.2 Å². The molecule has 0 spiro atoms. The molecule has 0 bridgehead atoms. The largest absolute Gasteiger partial charge is 0.348 e. The highest BCUT2D eigenvalue weighted by Crippen LogP contribution is 2.20. The van der Waals surface area contributed by atoms with Crippen LogP contribution in [0.1, 0.15) is 35.2 Å². The molecule has 3 atom stereocenters. The topological polar surface area (TPSA) is 109 Å². The highest BCUT2D eigenvalue weighted by Gasteiger charge is 2.37. The zero-order chi connectivity index (χ0) is 17.8. The maximum atomic E-state index is 12.6. The summed E-state index contributed by atoms with van der Waals surface area (Å²) in [6, 6.07) is 9.78. The van der Waals surface area contributed by atoms with Crippen LogP contribution in [-0.2, 0) is 4.79 Å². The summed E-state index contributed by atoms with van der Waals surface area (Å²) in [6.45, 7) is 1.14. The van der Waals surface area contributed by atoms with Crippen molar-refractivity contribution < 1.29 is 9.59 Å². The Morgan fingerprint density at radius 1 is 1.24 bits per heavy atom. The molecular formula is C18H19N5O2. The quantitative estimate of drug-likeness (QED) is 0.836. The molecule has 0 aliphatic carbocycles. The number of rotatable bonds is 3. The molecule has 2 aliphatic rings. The summed E-state index contributed by atoms with van der Waals surface area (Å²) >= 11 is 0. The maximum Gasteiger partial charge on any atom is 0.251 e. The Morgan fingerprint density at radius 2 is 2.00 bits per heavy atom. The molecule has 2 fully saturated rings. The lowest BCUT2D eigenvalue weighted by atomic mass is 10.1. The zero-order valence-corrected chi connectivity index (χ0v) is 13.7. The van der Waals surface area contributed by atoms with Crippen molar-refractivity contribution in [1.82, 2.24) is 15.5 Å². The SMILES string of the molecule is N#Cc1ccc(C(=O)N[C@@H]2CN[C@H](C(=O)N3CCC[C@H]3C#N)C2)cc1. The third-order valence-corrected chi connectivity index (χ3v) is 4.73. The van der Waals surface area contributed by atoms with E-state index < -0.39 is 0 Å². The van der Waals surface area contributed by atoms with Gasteiger partial charge in [-0.3, -0.25) is 9.59 Å². The van der Waals surface area contributed by atoms with Crippen molar-refractivity contribution >= 4 is 11.8 Å². The number of nitriles is 2. The van der Waals surface area contributed by atoms with Crippen LogP contribution in [0.2, 0.25) is 0 Å². The average molecular weight is 337 g/mol. The van der Waals surface area contributed by atoms with E-state index in [1.807, 2.05) is 6.07 Å². The lowest BCUT2D eigenvalue weighted by Gasteiger charge is -2.23. The third kappa shape index (κ3) is 3.62. The van der Waals surface area contributed by atoms with Crippen molar-refractivity contribution in [2.75, 3.05) is 13.1 Å². The van der Waals surface area contributed by atoms with Crippen LogP contribution in [0.15, 0.2) is 24.3 Å². The minimum Gasteiger partial charge on any atom is -0.348 e. The first kappa shape index (κ1) is 16.9. The average Bonchev–Trinajstić information content (AvgIpc) is 3.30. The number of amides is 2. The molecule has 0 unspecified atom stereocenters. The van der Waals surface area contributed by atoms with Crippen LogP contribution in [0.3, 0.4) is 0 Å². The van der Waals surface area contributed by atoms with Gasteiger partial charge in [-0.2, -0.15) is 10.5 Å². The van der Waals surface area contributed by atoms with Crippen LogP contribution in [0.4, 0.5) is 0 Å². The molecule has 128 valence electrons. The van der Waals surface area contributed by atoms with Crippen molar-refractivity contribution in [2.45, 2.75) is 37.4 Å². The van der Waals surface area contributed by atoms with Gasteiger partial charge in [0, 0.05) is 24.7 Å². The molecule has 0 aromatic heterocycles. The highest BCUT2D eigenvalue weighted by atomic mass is 16.2. The summed E-state index contributed by atoms with van der Waals surface area (Å²) in [5, 5.41) is 24.0. The standard InChI is InChI=1S/C18H19N5O2/c19-9-12-3-5-13(6-4-12)17(24)22-14-8-16(21-11-14)18(25)23-7-1-2-15(23)10-20/h3-6,14-16,21H,1-2,7-8,11H2,(H,22,24)/t14-,15-,16-/m0/s1. The Bertz CT molecular complexity index is 746. The van der Waals surface area contributed by atoms with Crippen LogP contribution < -0.4 is 10.6 Å². The van der Waals surface area contributed by atoms with E-state index in [4.69, 9.17) is 10.5 Å². The van der Waals surface area contributed by atoms with Crippen molar-refractivity contribution in [3.8, 4) is 12.1 Å². The first-order valence-electron chi connectivity index (χ1n) is 8.37. The summed E-state index contributed by atoms with van der Waals surface area (Å²) in [4.78, 5) is 26.5. The van der Waals surface area contributed by atoms with Crippen molar-refractivity contribution in [3.63, 3.8) is 0 Å². The molecule has 2 N–H and O–H groups in total. The smallest absolute Gasteiger partial charge is 0.251 e. The van der Waals surface area contributed by atoms with Gasteiger partial charge in [0.1, 0.15) is 6.04 Å². The maximum absolute atomic E-state index is 12.6. The van der Waals surface area contributed by atoms with Gasteiger partial charge in [0.05, 0.1) is 23.7 Å². The number of carbonyl (C=O) groups is 2. The van der Waals surface area contributed by atoms with E-state index in [-0.39, 0.29) is 29.9 Å². The van der Waals surface area contributed by atoms with Crippen LogP contribution >= 0.6 is 0 Å². The lowest BCUT2D eigenvalue weighted by Crippen LogP contribution is -2.45. The molecular weight excluding hydrogens is 318 g/mol. The predicted molar refractivity (Wildman–Crippen MR) is 89.2 cm³/mol. The minimum absolute atomic E-state index is 0.0563. The van der Waals surface area contributed by atoms with Gasteiger partial charge in [0.2, 0.25) is 5.91 Å². The van der Waals surface area contributed by atoms with Crippen LogP contribution in [0.25, 0.3) is 0 Å². The lowest BCUT2D eigenvalue weighted by molar-refractivity contribution is -0.133. The molecule has 7 heteroatoms. The van der Waals surface area contributed by atoms with Gasteiger partial charge < -0.3 is 15.5 Å². The molecule has 2 amide bonds. The molecule has 3 rings (SSSR count). The van der Waals surface area contributed by atoms with E-state index in [0.717, 1.165) is 12.8 Å². The van der Waals surface area contributed by atoms with E-state index in [2.05, 4.69) is 16.7 Å². The number of hydrogen-bond donors (Lipinski definition) is 2. The molecule has 7 nitrogen and oxygen atoms in total. The summed E-state index contributed by atoms with van der Waals surface area (Å²) in [6.07, 6.45) is 2.10. The Balaban J connectivity index is 1.56. The molecule has 0 saturated carbocycles. The summed E-state index contributed by atoms with van der Waals surface area (Å²) < 4.78 is 0. The molecule has 1 aromatic rings. The summed E-state index contributed by atoms with van der Waals surface area (Å²) in [5.74, 6) is -0.278. The number of nitrogens with one attached hydrogen (secondary N) is 2. The van der Waals surface area contributed by atoms with Gasteiger partial charge in [-0.25, -0.2) is 0 Å². The monoisotopic (exact) mass is 337 g/mol. The Kier molecular flexibility index (Phi) is 4.97. The molecule has 1 aromatic carbocycles. The second-order valence-corrected chi connectivity index (χ2v) is 6.37. The molecule has 2 aliphatic heterocycles. The van der Waals surface area contributed by atoms with E-state index in [9.17, 15) is 9.59 Å². The van der Waals surface area contributed by atoms with Gasteiger partial charge in [-0.15, -0.1) is 0 Å². The number of benzene rings is 1. The first-order valence-corrected chi connectivity index (χ1v) is 8.37. The Hall–Kier alpha value is -2.90. The number of likely N-dealkylation sites (tertiary alicyclic amines) is 1. The molecule has 2 heterocycles. The number of hydrogen-bond acceptors (Lipinski definition) is 5. The van der Waals surface area contributed by atoms with E-state index in [1.165, 1.54) is 0 Å². The second-order valence-electron chi connectivity index (χ2n) is 6.37. The fourth-order valence-corrected chi connectivity index (χ4v) is 3.36. The van der Waals surface area contributed by atoms with Gasteiger partial charge in [-0.1, -0.05) is 0 Å². The van der Waals surface area contributed by atoms with Gasteiger partial charge >= 0.3 is 0 Å². The van der Waals surface area contributed by atoms with Crippen LogP contribution in [0.5, 0.6) is 0 Å². The molecule has 0 radical (unpaired) electrons. The van der Waals surface area contributed by atoms with E-state index in [0.29, 0.717) is 30.6 Å². The Morgan fingerprint density at radius 3 is 2.68 bits per heavy atom. The normalized spacial score (nSPS) is 25.2. The minimum atomic E-state index is -0.361. The van der Waals surface area contributed by atoms with E-state index >= 15 is 0 Å². The van der Waals surface area contributed by atoms with Crippen molar-refractivity contribution in [2.24, 2.45) is 0 Å². The van der Waals surface area contributed by atoms with Gasteiger partial charge in [0.25, 0.3) is 5.91 Å². The second kappa shape index (κ2) is 7.33. The highest BCUT2D eigenvalue weighted by molar-refractivity contribution is 5.94. The van der Waals surface area contributed by atoms with Crippen LogP contribution in [0, 0.1) is 22.7 Å². The summed E-state index contributed by atoms with van der Waals surface area (Å²) in [7, 11) is 0. The fourth-order valence-electron chi connectivity index (χ4n) is 3.36. The first-order chi connectivity index (χ1) is 12.1. The number of nitrogens with zero attached hydrogens (tertiary/aromatic N) is 3. The predicted octanol–water partition coefficient (Wildman–Crippen LogP) is 0.533.